The van der Waals surface area contributed by atoms with Gasteiger partial charge in [-0.1, -0.05) is 12.1 Å². The molecule has 2 aromatic carbocycles. The van der Waals surface area contributed by atoms with E-state index in [1.54, 1.807) is 18.9 Å². The van der Waals surface area contributed by atoms with Gasteiger partial charge in [0.25, 0.3) is 0 Å². The molecule has 6 rings (SSSR count). The van der Waals surface area contributed by atoms with Gasteiger partial charge in [-0.3, -0.25) is 4.79 Å². The van der Waals surface area contributed by atoms with Crippen molar-refractivity contribution < 1.29 is 35.9 Å². The molecule has 244 valence electrons. The van der Waals surface area contributed by atoms with E-state index in [2.05, 4.69) is 58.9 Å². The second kappa shape index (κ2) is 13.2. The molecule has 3 aliphatic heterocycles. The minimum Gasteiger partial charge on any atom is -1.00 e. The number of ether oxygens (including phenoxy) is 2. The van der Waals surface area contributed by atoms with E-state index in [4.69, 9.17) is 13.9 Å². The Labute approximate surface area is 276 Å². The lowest BCUT2D eigenvalue weighted by Crippen LogP contribution is -3.00. The van der Waals surface area contributed by atoms with E-state index in [1.807, 2.05) is 37.8 Å². The fraction of sp³-hybridized carbons (Fsp3) is 0.417. The maximum atomic E-state index is 12.6. The van der Waals surface area contributed by atoms with Crippen LogP contribution >= 0.6 is 0 Å². The topological polar surface area (TPSA) is 78.5 Å². The molecule has 9 nitrogen and oxygen atoms in total. The van der Waals surface area contributed by atoms with Crippen molar-refractivity contribution in [2.45, 2.75) is 40.2 Å². The van der Waals surface area contributed by atoms with Crippen LogP contribution in [0.5, 0.6) is 5.75 Å². The monoisotopic (exact) mass is 646 g/mol. The minimum absolute atomic E-state index is 0. The van der Waals surface area contributed by atoms with Crippen LogP contribution in [0.25, 0.3) is 33.4 Å². The van der Waals surface area contributed by atoms with E-state index in [0.717, 1.165) is 68.9 Å². The van der Waals surface area contributed by atoms with Gasteiger partial charge in [0.15, 0.2) is 13.1 Å². The molecule has 0 aromatic heterocycles. The van der Waals surface area contributed by atoms with Gasteiger partial charge in [-0.25, -0.2) is 9.37 Å². The van der Waals surface area contributed by atoms with Crippen molar-refractivity contribution in [1.82, 2.24) is 14.4 Å². The van der Waals surface area contributed by atoms with Crippen LogP contribution < -0.4 is 32.0 Å². The number of anilines is 1. The molecule has 0 saturated carbocycles. The maximum Gasteiger partial charge on any atom is 0.410 e. The first-order chi connectivity index (χ1) is 21.5. The number of fused-ring (bicyclic) bond motifs is 2. The lowest BCUT2D eigenvalue weighted by atomic mass is 9.90. The van der Waals surface area contributed by atoms with Crippen LogP contribution in [0.2, 0.25) is 0 Å². The zero-order valence-electron chi connectivity index (χ0n) is 27.6. The third-order valence-electron chi connectivity index (χ3n) is 8.78. The number of piperazine rings is 2. The lowest BCUT2D eigenvalue weighted by Gasteiger charge is -2.36. The average Bonchev–Trinajstić information content (AvgIpc) is 3.02. The summed E-state index contributed by atoms with van der Waals surface area (Å²) >= 11 is 0. The van der Waals surface area contributed by atoms with Gasteiger partial charge in [-0.2, -0.15) is 0 Å². The molecule has 0 N–H and O–H groups in total. The summed E-state index contributed by atoms with van der Waals surface area (Å²) in [5.41, 5.74) is 5.58. The Hall–Kier alpha value is -4.24. The van der Waals surface area contributed by atoms with Gasteiger partial charge in [0.1, 0.15) is 22.7 Å². The molecule has 2 fully saturated rings. The van der Waals surface area contributed by atoms with Crippen molar-refractivity contribution in [2.75, 3.05) is 64.4 Å². The number of hydrogen-bond donors (Lipinski definition) is 0. The molecule has 0 spiro atoms. The molecular formula is C36H43ClN4O5. The molecule has 0 bridgehead atoms. The Morgan fingerprint density at radius 2 is 1.59 bits per heavy atom. The first-order valence-electron chi connectivity index (χ1n) is 15.7. The van der Waals surface area contributed by atoms with Crippen LogP contribution in [0.3, 0.4) is 0 Å². The Kier molecular flexibility index (Phi) is 9.54. The molecule has 3 heterocycles. The molecule has 46 heavy (non-hydrogen) atoms. The Balaban J connectivity index is 0.00000417. The van der Waals surface area contributed by atoms with E-state index in [1.165, 1.54) is 0 Å². The number of carbonyl (C=O) groups is 2. The zero-order chi connectivity index (χ0) is 31.9. The smallest absolute Gasteiger partial charge is 0.410 e. The highest BCUT2D eigenvalue weighted by molar-refractivity contribution is 6.04. The summed E-state index contributed by atoms with van der Waals surface area (Å²) in [6.07, 6.45) is -0.266. The number of amides is 2. The van der Waals surface area contributed by atoms with E-state index < -0.39 is 5.60 Å². The Bertz CT molecular complexity index is 1790. The molecule has 0 unspecified atom stereocenters. The van der Waals surface area contributed by atoms with Crippen molar-refractivity contribution in [3.05, 3.63) is 65.5 Å². The van der Waals surface area contributed by atoms with E-state index in [0.29, 0.717) is 39.3 Å². The molecule has 1 aliphatic carbocycles. The number of nitrogens with zero attached hydrogens (tertiary/aromatic N) is 4. The van der Waals surface area contributed by atoms with Gasteiger partial charge in [0.05, 0.1) is 26.3 Å². The number of benzene rings is 3. The van der Waals surface area contributed by atoms with Crippen molar-refractivity contribution in [1.29, 1.82) is 0 Å². The van der Waals surface area contributed by atoms with E-state index in [-0.39, 0.29) is 24.4 Å². The summed E-state index contributed by atoms with van der Waals surface area (Å²) in [5.74, 6) is 1.73. The van der Waals surface area contributed by atoms with Gasteiger partial charge < -0.3 is 41.0 Å². The predicted octanol–water partition coefficient (Wildman–Crippen LogP) is 2.22. The normalized spacial score (nSPS) is 15.6. The molecular weight excluding hydrogens is 604 g/mol. The Morgan fingerprint density at radius 3 is 2.24 bits per heavy atom. The highest BCUT2D eigenvalue weighted by Crippen LogP contribution is 2.45. The lowest BCUT2D eigenvalue weighted by molar-refractivity contribution is -0.129. The number of carbonyl (C=O) groups excluding carboxylic acids is 2. The highest BCUT2D eigenvalue weighted by Gasteiger charge is 2.28. The molecule has 2 aromatic rings. The van der Waals surface area contributed by atoms with Crippen LogP contribution in [0.4, 0.5) is 10.5 Å². The molecule has 2 amide bonds. The molecule has 0 radical (unpaired) electrons. The standard InChI is InChI=1S/C36H43N4O5.ClH/c1-24-8-7-9-30(43-6)33(24)34-28-12-10-26(38-16-14-37(15-17-38)25(2)41)22-31(28)44-32-23-27(11-13-29(32)34)39-18-20-40(21-19-39)35(42)45-36(3,4)5;/h7-13,22-23H,14-21H2,1-6H3;1H/q+1;/p-1. The average molecular weight is 647 g/mol. The maximum absolute atomic E-state index is 12.6. The molecule has 2 saturated heterocycles. The quantitative estimate of drug-likeness (QED) is 0.251. The summed E-state index contributed by atoms with van der Waals surface area (Å²) in [5, 5.41) is 2.08. The highest BCUT2D eigenvalue weighted by atomic mass is 35.5. The molecule has 0 atom stereocenters. The van der Waals surface area contributed by atoms with Crippen molar-refractivity contribution in [3.63, 3.8) is 0 Å². The van der Waals surface area contributed by atoms with Crippen molar-refractivity contribution >= 4 is 28.7 Å². The fourth-order valence-corrected chi connectivity index (χ4v) is 6.41. The van der Waals surface area contributed by atoms with Gasteiger partial charge in [-0.05, 0) is 57.5 Å². The van der Waals surface area contributed by atoms with Gasteiger partial charge in [0.2, 0.25) is 11.3 Å². The number of aryl methyl sites for hydroxylation is 1. The van der Waals surface area contributed by atoms with Crippen LogP contribution in [-0.2, 0) is 9.53 Å². The minimum atomic E-state index is -0.517. The second-order valence-corrected chi connectivity index (χ2v) is 12.9. The number of hydrogen-bond acceptors (Lipinski definition) is 6. The number of rotatable bonds is 3. The van der Waals surface area contributed by atoms with Crippen molar-refractivity contribution in [3.8, 4) is 28.2 Å². The number of halogens is 1. The molecule has 10 heteroatoms. The zero-order valence-corrected chi connectivity index (χ0v) is 28.3. The van der Waals surface area contributed by atoms with Crippen molar-refractivity contribution in [2.24, 2.45) is 0 Å². The van der Waals surface area contributed by atoms with E-state index >= 15 is 0 Å². The summed E-state index contributed by atoms with van der Waals surface area (Å²) in [4.78, 5) is 30.5. The summed E-state index contributed by atoms with van der Waals surface area (Å²) in [7, 11) is 1.71. The van der Waals surface area contributed by atoms with Gasteiger partial charge in [-0.15, -0.1) is 0 Å². The van der Waals surface area contributed by atoms with Gasteiger partial charge in [0, 0.05) is 73.0 Å². The van der Waals surface area contributed by atoms with Crippen LogP contribution in [0.1, 0.15) is 33.3 Å². The first kappa shape index (κ1) is 33.1. The van der Waals surface area contributed by atoms with Crippen LogP contribution in [-0.4, -0.2) is 86.9 Å². The SMILES string of the molecule is COc1cccc(C)c1-c1c2ccc(=[N+]3CCN(C(C)=O)CC3)cc-2oc2cc(N3CCN(C(=O)OC(C)(C)C)CC3)ccc12.[Cl-]. The predicted molar refractivity (Wildman–Crippen MR) is 177 cm³/mol. The first-order valence-corrected chi connectivity index (χ1v) is 15.7. The third-order valence-corrected chi connectivity index (χ3v) is 8.78. The summed E-state index contributed by atoms with van der Waals surface area (Å²) < 4.78 is 20.5. The summed E-state index contributed by atoms with van der Waals surface area (Å²) in [6.45, 7) is 15.0. The van der Waals surface area contributed by atoms with Crippen LogP contribution in [0, 0.1) is 6.92 Å². The largest absolute Gasteiger partial charge is 1.00 e. The fourth-order valence-electron chi connectivity index (χ4n) is 6.41. The van der Waals surface area contributed by atoms with E-state index in [9.17, 15) is 9.59 Å². The van der Waals surface area contributed by atoms with Crippen LogP contribution in [0.15, 0.2) is 59.0 Å². The summed E-state index contributed by atoms with van der Waals surface area (Å²) in [6, 6.07) is 19.0. The number of methoxy groups -OCH3 is 1. The van der Waals surface area contributed by atoms with Gasteiger partial charge >= 0.3 is 6.09 Å². The Morgan fingerprint density at radius 1 is 0.870 bits per heavy atom. The molecule has 4 aliphatic rings. The second-order valence-electron chi connectivity index (χ2n) is 12.9. The third kappa shape index (κ3) is 6.65.